The van der Waals surface area contributed by atoms with Crippen molar-refractivity contribution in [3.8, 4) is 0 Å². The monoisotopic (exact) mass is 358 g/mol. The van der Waals surface area contributed by atoms with Crippen molar-refractivity contribution in [2.45, 2.75) is 19.3 Å². The molecule has 2 rings (SSSR count). The summed E-state index contributed by atoms with van der Waals surface area (Å²) in [5.41, 5.74) is 6.76. The summed E-state index contributed by atoms with van der Waals surface area (Å²) < 4.78 is 39.3. The summed E-state index contributed by atoms with van der Waals surface area (Å²) in [4.78, 5) is 0. The van der Waals surface area contributed by atoms with E-state index in [2.05, 4.69) is 21.2 Å². The zero-order valence-corrected chi connectivity index (χ0v) is 12.6. The summed E-state index contributed by atoms with van der Waals surface area (Å²) in [6, 6.07) is 11.5. The van der Waals surface area contributed by atoms with Gasteiger partial charge in [-0.3, -0.25) is 0 Å². The fourth-order valence-electron chi connectivity index (χ4n) is 1.90. The number of nitrogens with one attached hydrogen (secondary N) is 1. The van der Waals surface area contributed by atoms with Crippen LogP contribution < -0.4 is 11.1 Å². The van der Waals surface area contributed by atoms with Gasteiger partial charge < -0.3 is 11.1 Å². The number of rotatable bonds is 4. The Bertz CT molecular complexity index is 609. The van der Waals surface area contributed by atoms with E-state index in [0.717, 1.165) is 17.2 Å². The van der Waals surface area contributed by atoms with E-state index in [4.69, 9.17) is 5.73 Å². The van der Waals surface area contributed by atoms with Gasteiger partial charge in [-0.2, -0.15) is 13.2 Å². The molecule has 2 aromatic rings. The van der Waals surface area contributed by atoms with Gasteiger partial charge in [0, 0.05) is 23.2 Å². The molecule has 6 heteroatoms. The molecule has 0 saturated carbocycles. The van der Waals surface area contributed by atoms with Gasteiger partial charge in [0.1, 0.15) is 0 Å². The largest absolute Gasteiger partial charge is 0.418 e. The van der Waals surface area contributed by atoms with Crippen LogP contribution in [0.2, 0.25) is 0 Å². The van der Waals surface area contributed by atoms with Crippen LogP contribution in [-0.2, 0) is 19.3 Å². The molecular formula is C15H14BrF3N2. The zero-order chi connectivity index (χ0) is 15.5. The Balaban J connectivity index is 2.15. The van der Waals surface area contributed by atoms with E-state index in [0.29, 0.717) is 17.6 Å². The van der Waals surface area contributed by atoms with Crippen molar-refractivity contribution in [1.82, 2.24) is 0 Å². The van der Waals surface area contributed by atoms with Gasteiger partial charge in [-0.1, -0.05) is 40.2 Å². The summed E-state index contributed by atoms with van der Waals surface area (Å²) in [5.74, 6) is 0. The first-order valence-electron chi connectivity index (χ1n) is 6.28. The van der Waals surface area contributed by atoms with E-state index in [-0.39, 0.29) is 5.69 Å². The summed E-state index contributed by atoms with van der Waals surface area (Å²) in [7, 11) is 0. The average Bonchev–Trinajstić information content (AvgIpc) is 2.45. The van der Waals surface area contributed by atoms with Crippen LogP contribution in [0.4, 0.5) is 18.9 Å². The molecule has 0 heterocycles. The highest BCUT2D eigenvalue weighted by molar-refractivity contribution is 9.10. The molecule has 0 aliphatic heterocycles. The molecule has 0 amide bonds. The Morgan fingerprint density at radius 3 is 2.19 bits per heavy atom. The standard InChI is InChI=1S/C15H14BrF3N2/c16-12-5-6-14(13(7-12)15(17,18)19)21-9-11-3-1-10(8-20)2-4-11/h1-7,21H,8-9,20H2. The second-order valence-corrected chi connectivity index (χ2v) is 5.48. The van der Waals surface area contributed by atoms with Crippen molar-refractivity contribution >= 4 is 21.6 Å². The molecule has 21 heavy (non-hydrogen) atoms. The van der Waals surface area contributed by atoms with E-state index in [1.807, 2.05) is 24.3 Å². The van der Waals surface area contributed by atoms with Crippen LogP contribution in [0, 0.1) is 0 Å². The minimum atomic E-state index is -4.39. The Morgan fingerprint density at radius 2 is 1.62 bits per heavy atom. The molecule has 0 fully saturated rings. The van der Waals surface area contributed by atoms with Crippen LogP contribution in [-0.4, -0.2) is 0 Å². The van der Waals surface area contributed by atoms with Gasteiger partial charge in [-0.05, 0) is 29.3 Å². The first-order chi connectivity index (χ1) is 9.90. The fourth-order valence-corrected chi connectivity index (χ4v) is 2.26. The maximum Gasteiger partial charge on any atom is 0.418 e. The lowest BCUT2D eigenvalue weighted by Crippen LogP contribution is -2.11. The maximum absolute atomic E-state index is 13.0. The normalized spacial score (nSPS) is 11.5. The number of hydrogen-bond acceptors (Lipinski definition) is 2. The Labute approximate surface area is 129 Å². The SMILES string of the molecule is NCc1ccc(CNc2ccc(Br)cc2C(F)(F)F)cc1. The molecule has 0 aliphatic rings. The molecule has 112 valence electrons. The minimum absolute atomic E-state index is 0.0635. The minimum Gasteiger partial charge on any atom is -0.380 e. The molecule has 0 spiro atoms. The summed E-state index contributed by atoms with van der Waals surface area (Å²) in [6.07, 6.45) is -4.39. The van der Waals surface area contributed by atoms with Gasteiger partial charge in [0.05, 0.1) is 5.56 Å². The number of nitrogens with two attached hydrogens (primary N) is 1. The third-order valence-electron chi connectivity index (χ3n) is 3.03. The first kappa shape index (κ1) is 15.9. The number of anilines is 1. The van der Waals surface area contributed by atoms with Gasteiger partial charge in [0.2, 0.25) is 0 Å². The van der Waals surface area contributed by atoms with E-state index in [1.54, 1.807) is 6.07 Å². The zero-order valence-electron chi connectivity index (χ0n) is 11.0. The highest BCUT2D eigenvalue weighted by atomic mass is 79.9. The Hall–Kier alpha value is -1.53. The van der Waals surface area contributed by atoms with Crippen LogP contribution in [0.25, 0.3) is 0 Å². The first-order valence-corrected chi connectivity index (χ1v) is 7.08. The van der Waals surface area contributed by atoms with Gasteiger partial charge >= 0.3 is 6.18 Å². The predicted molar refractivity (Wildman–Crippen MR) is 80.8 cm³/mol. The predicted octanol–water partition coefficient (Wildman–Crippen LogP) is 4.54. The molecule has 0 aliphatic carbocycles. The summed E-state index contributed by atoms with van der Waals surface area (Å²) in [6.45, 7) is 0.758. The highest BCUT2D eigenvalue weighted by Crippen LogP contribution is 2.36. The van der Waals surface area contributed by atoms with Crippen LogP contribution in [0.15, 0.2) is 46.9 Å². The Kier molecular flexibility index (Phi) is 4.90. The number of benzene rings is 2. The van der Waals surface area contributed by atoms with Crippen molar-refractivity contribution in [3.63, 3.8) is 0 Å². The van der Waals surface area contributed by atoms with Crippen LogP contribution in [0.5, 0.6) is 0 Å². The second-order valence-electron chi connectivity index (χ2n) is 4.56. The number of alkyl halides is 3. The van der Waals surface area contributed by atoms with Gasteiger partial charge in [0.15, 0.2) is 0 Å². The third-order valence-corrected chi connectivity index (χ3v) is 3.52. The van der Waals surface area contributed by atoms with Crippen molar-refractivity contribution in [2.24, 2.45) is 5.73 Å². The molecule has 2 nitrogen and oxygen atoms in total. The maximum atomic E-state index is 13.0. The summed E-state index contributed by atoms with van der Waals surface area (Å²) >= 11 is 3.06. The lowest BCUT2D eigenvalue weighted by molar-refractivity contribution is -0.137. The summed E-state index contributed by atoms with van der Waals surface area (Å²) in [5, 5.41) is 2.83. The van der Waals surface area contributed by atoms with Crippen LogP contribution in [0.1, 0.15) is 16.7 Å². The number of halogens is 4. The molecule has 0 bridgehead atoms. The molecule has 0 atom stereocenters. The topological polar surface area (TPSA) is 38.0 Å². The molecular weight excluding hydrogens is 345 g/mol. The molecule has 0 radical (unpaired) electrons. The molecule has 3 N–H and O–H groups in total. The van der Waals surface area contributed by atoms with E-state index < -0.39 is 11.7 Å². The van der Waals surface area contributed by atoms with E-state index >= 15 is 0 Å². The smallest absolute Gasteiger partial charge is 0.380 e. The second kappa shape index (κ2) is 6.49. The lowest BCUT2D eigenvalue weighted by Gasteiger charge is -2.15. The highest BCUT2D eigenvalue weighted by Gasteiger charge is 2.33. The van der Waals surface area contributed by atoms with E-state index in [1.165, 1.54) is 6.07 Å². The molecule has 0 aromatic heterocycles. The fraction of sp³-hybridized carbons (Fsp3) is 0.200. The van der Waals surface area contributed by atoms with Crippen molar-refractivity contribution in [2.75, 3.05) is 5.32 Å². The third kappa shape index (κ3) is 4.22. The van der Waals surface area contributed by atoms with Crippen molar-refractivity contribution in [1.29, 1.82) is 0 Å². The number of hydrogen-bond donors (Lipinski definition) is 2. The van der Waals surface area contributed by atoms with Gasteiger partial charge in [-0.25, -0.2) is 0 Å². The molecule has 2 aromatic carbocycles. The van der Waals surface area contributed by atoms with Crippen molar-refractivity contribution in [3.05, 3.63) is 63.6 Å². The van der Waals surface area contributed by atoms with Gasteiger partial charge in [-0.15, -0.1) is 0 Å². The lowest BCUT2D eigenvalue weighted by atomic mass is 10.1. The van der Waals surface area contributed by atoms with E-state index in [9.17, 15) is 13.2 Å². The van der Waals surface area contributed by atoms with Crippen LogP contribution in [0.3, 0.4) is 0 Å². The average molecular weight is 359 g/mol. The van der Waals surface area contributed by atoms with Crippen LogP contribution >= 0.6 is 15.9 Å². The molecule has 0 unspecified atom stereocenters. The molecule has 0 saturated heterocycles. The Morgan fingerprint density at radius 1 is 1.00 bits per heavy atom. The van der Waals surface area contributed by atoms with Gasteiger partial charge in [0.25, 0.3) is 0 Å². The van der Waals surface area contributed by atoms with Crippen molar-refractivity contribution < 1.29 is 13.2 Å². The quantitative estimate of drug-likeness (QED) is 0.841.